The number of benzene rings is 1. The predicted octanol–water partition coefficient (Wildman–Crippen LogP) is 1.06. The number of carbonyl (C=O) groups is 1. The quantitative estimate of drug-likeness (QED) is 0.721. The minimum Gasteiger partial charge on any atom is -0.399 e. The Bertz CT molecular complexity index is 795. The first-order chi connectivity index (χ1) is 9.94. The van der Waals surface area contributed by atoms with Crippen molar-refractivity contribution in [2.24, 2.45) is 0 Å². The van der Waals surface area contributed by atoms with Gasteiger partial charge in [0.1, 0.15) is 0 Å². The molecule has 7 heteroatoms. The summed E-state index contributed by atoms with van der Waals surface area (Å²) in [6.45, 7) is 0. The van der Waals surface area contributed by atoms with Crippen LogP contribution in [0.1, 0.15) is 23.2 Å². The predicted molar refractivity (Wildman–Crippen MR) is 81.9 cm³/mol. The number of anilines is 1. The fourth-order valence-corrected chi connectivity index (χ4v) is 4.36. The summed E-state index contributed by atoms with van der Waals surface area (Å²) in [6.07, 6.45) is 2.90. The van der Waals surface area contributed by atoms with Crippen LogP contribution in [0.2, 0.25) is 0 Å². The Kier molecular flexibility index (Phi) is 3.36. The summed E-state index contributed by atoms with van der Waals surface area (Å²) in [5, 5.41) is 3.55. The lowest BCUT2D eigenvalue weighted by Crippen LogP contribution is -2.43. The van der Waals surface area contributed by atoms with Crippen LogP contribution in [0, 0.1) is 0 Å². The third-order valence-electron chi connectivity index (χ3n) is 3.75. The van der Waals surface area contributed by atoms with E-state index >= 15 is 0 Å². The smallest absolute Gasteiger partial charge is 0.253 e. The highest BCUT2D eigenvalue weighted by atomic mass is 32.2. The molecule has 4 N–H and O–H groups in total. The standard InChI is InChI=1S/C14H17N3O3S/c15-9-3-4-13-11(6-9)12(7-16-13)14(18)17-10-2-1-5-21(19,20)8-10/h3-4,6-7,10,16H,1-2,5,8,15H2,(H,17,18). The fourth-order valence-electron chi connectivity index (χ4n) is 2.73. The van der Waals surface area contributed by atoms with Crippen LogP contribution >= 0.6 is 0 Å². The van der Waals surface area contributed by atoms with Gasteiger partial charge in [-0.05, 0) is 31.0 Å². The molecule has 1 aromatic carbocycles. The largest absolute Gasteiger partial charge is 0.399 e. The second-order valence-corrected chi connectivity index (χ2v) is 7.66. The van der Waals surface area contributed by atoms with E-state index < -0.39 is 9.84 Å². The van der Waals surface area contributed by atoms with Gasteiger partial charge in [-0.2, -0.15) is 0 Å². The van der Waals surface area contributed by atoms with E-state index in [4.69, 9.17) is 5.73 Å². The fraction of sp³-hybridized carbons (Fsp3) is 0.357. The summed E-state index contributed by atoms with van der Waals surface area (Å²) < 4.78 is 23.2. The van der Waals surface area contributed by atoms with Gasteiger partial charge in [0, 0.05) is 28.8 Å². The number of rotatable bonds is 2. The Labute approximate surface area is 122 Å². The molecule has 1 aliphatic heterocycles. The van der Waals surface area contributed by atoms with Crippen LogP contribution in [-0.4, -0.2) is 36.9 Å². The Morgan fingerprint density at radius 2 is 2.19 bits per heavy atom. The van der Waals surface area contributed by atoms with Crippen molar-refractivity contribution in [1.82, 2.24) is 10.3 Å². The summed E-state index contributed by atoms with van der Waals surface area (Å²) in [5.74, 6) is -0.0411. The first kappa shape index (κ1) is 13.9. The van der Waals surface area contributed by atoms with Gasteiger partial charge in [-0.15, -0.1) is 0 Å². The lowest BCUT2D eigenvalue weighted by Gasteiger charge is -2.22. The topological polar surface area (TPSA) is 105 Å². The third-order valence-corrected chi connectivity index (χ3v) is 5.57. The van der Waals surface area contributed by atoms with Crippen LogP contribution in [0.3, 0.4) is 0 Å². The highest BCUT2D eigenvalue weighted by Gasteiger charge is 2.26. The van der Waals surface area contributed by atoms with Crippen molar-refractivity contribution in [3.63, 3.8) is 0 Å². The van der Waals surface area contributed by atoms with E-state index in [1.54, 1.807) is 18.3 Å². The van der Waals surface area contributed by atoms with Gasteiger partial charge in [-0.1, -0.05) is 0 Å². The van der Waals surface area contributed by atoms with Crippen LogP contribution in [-0.2, 0) is 9.84 Å². The average Bonchev–Trinajstić information content (AvgIpc) is 2.80. The normalized spacial score (nSPS) is 21.2. The molecule has 112 valence electrons. The van der Waals surface area contributed by atoms with Gasteiger partial charge in [-0.25, -0.2) is 8.42 Å². The molecule has 1 unspecified atom stereocenters. The summed E-state index contributed by atoms with van der Waals surface area (Å²) >= 11 is 0. The van der Waals surface area contributed by atoms with Gasteiger partial charge >= 0.3 is 0 Å². The minimum atomic E-state index is -3.04. The molecule has 1 atom stereocenters. The van der Waals surface area contributed by atoms with Gasteiger partial charge in [0.25, 0.3) is 5.91 Å². The number of nitrogens with two attached hydrogens (primary N) is 1. The number of carbonyl (C=O) groups excluding carboxylic acids is 1. The molecule has 0 aliphatic carbocycles. The maximum atomic E-state index is 12.3. The molecule has 1 saturated heterocycles. The number of nitrogen functional groups attached to an aromatic ring is 1. The Morgan fingerprint density at radius 1 is 1.38 bits per heavy atom. The number of amides is 1. The lowest BCUT2D eigenvalue weighted by molar-refractivity contribution is 0.0940. The molecule has 6 nitrogen and oxygen atoms in total. The Morgan fingerprint density at radius 3 is 2.95 bits per heavy atom. The lowest BCUT2D eigenvalue weighted by atomic mass is 10.1. The summed E-state index contributed by atoms with van der Waals surface area (Å²) in [7, 11) is -3.04. The van der Waals surface area contributed by atoms with Crippen LogP contribution in [0.25, 0.3) is 10.9 Å². The van der Waals surface area contributed by atoms with Crippen LogP contribution in [0.15, 0.2) is 24.4 Å². The SMILES string of the molecule is Nc1ccc2[nH]cc(C(=O)NC3CCCS(=O)(=O)C3)c2c1. The first-order valence-electron chi connectivity index (χ1n) is 6.82. The van der Waals surface area contributed by atoms with E-state index in [1.807, 2.05) is 6.07 Å². The molecule has 21 heavy (non-hydrogen) atoms. The third kappa shape index (κ3) is 2.87. The molecule has 1 fully saturated rings. The number of nitrogens with one attached hydrogen (secondary N) is 2. The Hall–Kier alpha value is -2.02. The van der Waals surface area contributed by atoms with Crippen LogP contribution < -0.4 is 11.1 Å². The monoisotopic (exact) mass is 307 g/mol. The van der Waals surface area contributed by atoms with Crippen molar-refractivity contribution >= 4 is 32.3 Å². The van der Waals surface area contributed by atoms with Crippen molar-refractivity contribution in [2.45, 2.75) is 18.9 Å². The summed E-state index contributed by atoms with van der Waals surface area (Å²) in [4.78, 5) is 15.4. The zero-order valence-corrected chi connectivity index (χ0v) is 12.2. The molecule has 2 heterocycles. The molecule has 0 spiro atoms. The van der Waals surface area contributed by atoms with Crippen LogP contribution in [0.5, 0.6) is 0 Å². The number of hydrogen-bond donors (Lipinski definition) is 3. The maximum Gasteiger partial charge on any atom is 0.253 e. The molecule has 1 amide bonds. The number of hydrogen-bond acceptors (Lipinski definition) is 4. The highest BCUT2D eigenvalue weighted by molar-refractivity contribution is 7.91. The van der Waals surface area contributed by atoms with E-state index in [-0.39, 0.29) is 23.5 Å². The molecular weight excluding hydrogens is 290 g/mol. The van der Waals surface area contributed by atoms with Gasteiger partial charge in [0.2, 0.25) is 0 Å². The Balaban J connectivity index is 1.82. The zero-order chi connectivity index (χ0) is 15.0. The van der Waals surface area contributed by atoms with Crippen molar-refractivity contribution < 1.29 is 13.2 Å². The number of aromatic nitrogens is 1. The average molecular weight is 307 g/mol. The molecule has 0 radical (unpaired) electrons. The van der Waals surface area contributed by atoms with Gasteiger partial charge in [0.05, 0.1) is 17.1 Å². The second-order valence-electron chi connectivity index (χ2n) is 5.43. The molecule has 0 bridgehead atoms. The number of aromatic amines is 1. The molecule has 0 saturated carbocycles. The van der Waals surface area contributed by atoms with Crippen molar-refractivity contribution in [3.8, 4) is 0 Å². The molecular formula is C14H17N3O3S. The van der Waals surface area contributed by atoms with E-state index in [1.165, 1.54) is 0 Å². The second kappa shape index (κ2) is 5.07. The highest BCUT2D eigenvalue weighted by Crippen LogP contribution is 2.21. The number of H-pyrrole nitrogens is 1. The van der Waals surface area contributed by atoms with E-state index in [9.17, 15) is 13.2 Å². The van der Waals surface area contributed by atoms with E-state index in [0.29, 0.717) is 24.1 Å². The van der Waals surface area contributed by atoms with E-state index in [2.05, 4.69) is 10.3 Å². The molecule has 3 rings (SSSR count). The van der Waals surface area contributed by atoms with Crippen molar-refractivity contribution in [3.05, 3.63) is 30.0 Å². The van der Waals surface area contributed by atoms with E-state index in [0.717, 1.165) is 10.9 Å². The van der Waals surface area contributed by atoms with Crippen LogP contribution in [0.4, 0.5) is 5.69 Å². The first-order valence-corrected chi connectivity index (χ1v) is 8.65. The molecule has 2 aromatic rings. The van der Waals surface area contributed by atoms with Gasteiger partial charge < -0.3 is 16.0 Å². The molecule has 1 aromatic heterocycles. The van der Waals surface area contributed by atoms with Gasteiger partial charge in [0.15, 0.2) is 9.84 Å². The molecule has 1 aliphatic rings. The van der Waals surface area contributed by atoms with Gasteiger partial charge in [-0.3, -0.25) is 4.79 Å². The van der Waals surface area contributed by atoms with Crippen molar-refractivity contribution in [2.75, 3.05) is 17.2 Å². The summed E-state index contributed by atoms with van der Waals surface area (Å²) in [5.41, 5.74) is 7.64. The minimum absolute atomic E-state index is 0.0171. The summed E-state index contributed by atoms with van der Waals surface area (Å²) in [6, 6.07) is 4.99. The number of fused-ring (bicyclic) bond motifs is 1. The maximum absolute atomic E-state index is 12.3. The zero-order valence-electron chi connectivity index (χ0n) is 11.4. The number of sulfone groups is 1. The van der Waals surface area contributed by atoms with Crippen molar-refractivity contribution in [1.29, 1.82) is 0 Å².